The van der Waals surface area contributed by atoms with Gasteiger partial charge in [0, 0.05) is 5.41 Å². The Labute approximate surface area is 74.0 Å². The monoisotopic (exact) mass is 174 g/mol. The van der Waals surface area contributed by atoms with E-state index in [0.29, 0.717) is 6.79 Å². The first-order valence-corrected chi connectivity index (χ1v) is 4.42. The van der Waals surface area contributed by atoms with Gasteiger partial charge >= 0.3 is 0 Å². The average molecular weight is 174 g/mol. The largest absolute Gasteiger partial charge is 0.326 e. The van der Waals surface area contributed by atoms with E-state index in [1.807, 2.05) is 6.92 Å². The van der Waals surface area contributed by atoms with Crippen LogP contribution in [-0.4, -0.2) is 19.4 Å². The third-order valence-corrected chi connectivity index (χ3v) is 1.79. The molecule has 0 bridgehead atoms. The van der Waals surface area contributed by atoms with Gasteiger partial charge in [-0.1, -0.05) is 27.7 Å². The van der Waals surface area contributed by atoms with Gasteiger partial charge in [-0.3, -0.25) is 0 Å². The van der Waals surface area contributed by atoms with E-state index < -0.39 is 0 Å². The van der Waals surface area contributed by atoms with Crippen LogP contribution in [-0.2, 0) is 14.2 Å². The lowest BCUT2D eigenvalue weighted by Crippen LogP contribution is -2.41. The molecule has 0 aromatic heterocycles. The van der Waals surface area contributed by atoms with Crippen LogP contribution in [0.5, 0.6) is 0 Å². The maximum absolute atomic E-state index is 5.56. The third-order valence-electron chi connectivity index (χ3n) is 1.79. The lowest BCUT2D eigenvalue weighted by molar-refractivity contribution is -0.366. The van der Waals surface area contributed by atoms with E-state index in [1.165, 1.54) is 0 Å². The smallest absolute Gasteiger partial charge is 0.168 e. The van der Waals surface area contributed by atoms with E-state index in [1.54, 1.807) is 0 Å². The maximum Gasteiger partial charge on any atom is 0.168 e. The zero-order chi connectivity index (χ0) is 9.19. The van der Waals surface area contributed by atoms with Crippen molar-refractivity contribution in [3.63, 3.8) is 0 Å². The van der Waals surface area contributed by atoms with Gasteiger partial charge in [0.05, 0.1) is 0 Å². The van der Waals surface area contributed by atoms with Crippen LogP contribution in [0.25, 0.3) is 0 Å². The van der Waals surface area contributed by atoms with E-state index in [-0.39, 0.29) is 18.0 Å². The molecule has 1 aliphatic heterocycles. The molecule has 0 saturated carbocycles. The molecule has 12 heavy (non-hydrogen) atoms. The van der Waals surface area contributed by atoms with Gasteiger partial charge in [-0.15, -0.1) is 0 Å². The van der Waals surface area contributed by atoms with Crippen molar-refractivity contribution in [3.05, 3.63) is 0 Å². The standard InChI is InChI=1S/C9H18O3/c1-5-7-10-6-11-8(12-7)9(2,3)4/h7-8H,5-6H2,1-4H3. The fourth-order valence-electron chi connectivity index (χ4n) is 1.06. The first kappa shape index (κ1) is 9.96. The number of rotatable bonds is 1. The predicted octanol–water partition coefficient (Wildman–Crippen LogP) is 2.12. The highest BCUT2D eigenvalue weighted by Gasteiger charge is 2.32. The fraction of sp³-hybridized carbons (Fsp3) is 1.00. The highest BCUT2D eigenvalue weighted by Crippen LogP contribution is 2.27. The predicted molar refractivity (Wildman–Crippen MR) is 45.4 cm³/mol. The first-order chi connectivity index (χ1) is 5.54. The van der Waals surface area contributed by atoms with Gasteiger partial charge in [0.1, 0.15) is 0 Å². The number of hydrogen-bond acceptors (Lipinski definition) is 3. The van der Waals surface area contributed by atoms with Crippen molar-refractivity contribution in [2.24, 2.45) is 5.41 Å². The molecule has 0 spiro atoms. The summed E-state index contributed by atoms with van der Waals surface area (Å²) in [6.07, 6.45) is 0.634. The second-order valence-electron chi connectivity index (χ2n) is 4.12. The van der Waals surface area contributed by atoms with Crippen LogP contribution in [0.4, 0.5) is 0 Å². The minimum absolute atomic E-state index is 0.0250. The van der Waals surface area contributed by atoms with Crippen LogP contribution >= 0.6 is 0 Å². The van der Waals surface area contributed by atoms with Crippen molar-refractivity contribution in [1.29, 1.82) is 0 Å². The van der Waals surface area contributed by atoms with Crippen LogP contribution < -0.4 is 0 Å². The molecule has 0 N–H and O–H groups in total. The Balaban J connectivity index is 2.46. The lowest BCUT2D eigenvalue weighted by Gasteiger charge is -2.37. The SMILES string of the molecule is CCC1OCOC(C(C)(C)C)O1. The summed E-state index contributed by atoms with van der Waals surface area (Å²) in [7, 11) is 0. The van der Waals surface area contributed by atoms with E-state index in [0.717, 1.165) is 6.42 Å². The summed E-state index contributed by atoms with van der Waals surface area (Å²) in [4.78, 5) is 0. The molecular formula is C9H18O3. The van der Waals surface area contributed by atoms with Crippen LogP contribution in [0.1, 0.15) is 34.1 Å². The Bertz CT molecular complexity index is 139. The Morgan fingerprint density at radius 2 is 1.92 bits per heavy atom. The molecule has 0 aromatic rings. The van der Waals surface area contributed by atoms with Crippen molar-refractivity contribution in [2.75, 3.05) is 6.79 Å². The van der Waals surface area contributed by atoms with E-state index >= 15 is 0 Å². The van der Waals surface area contributed by atoms with E-state index in [9.17, 15) is 0 Å². The molecular weight excluding hydrogens is 156 g/mol. The molecule has 1 fully saturated rings. The molecule has 0 aliphatic carbocycles. The minimum atomic E-state index is -0.142. The number of ether oxygens (including phenoxy) is 3. The molecule has 2 atom stereocenters. The summed E-state index contributed by atoms with van der Waals surface area (Å²) >= 11 is 0. The quantitative estimate of drug-likeness (QED) is 0.609. The van der Waals surface area contributed by atoms with Crippen LogP contribution in [0, 0.1) is 5.41 Å². The summed E-state index contributed by atoms with van der Waals surface area (Å²) in [5.74, 6) is 0. The van der Waals surface area contributed by atoms with Crippen molar-refractivity contribution in [2.45, 2.75) is 46.7 Å². The van der Waals surface area contributed by atoms with Gasteiger partial charge in [-0.2, -0.15) is 0 Å². The van der Waals surface area contributed by atoms with Gasteiger partial charge in [-0.05, 0) is 6.42 Å². The molecule has 72 valence electrons. The van der Waals surface area contributed by atoms with Crippen molar-refractivity contribution in [3.8, 4) is 0 Å². The minimum Gasteiger partial charge on any atom is -0.326 e. The Hall–Kier alpha value is -0.120. The molecule has 1 saturated heterocycles. The first-order valence-electron chi connectivity index (χ1n) is 4.42. The summed E-state index contributed by atoms with van der Waals surface area (Å²) in [6.45, 7) is 8.66. The van der Waals surface area contributed by atoms with Crippen LogP contribution in [0.3, 0.4) is 0 Å². The molecule has 0 radical (unpaired) electrons. The van der Waals surface area contributed by atoms with Crippen LogP contribution in [0.15, 0.2) is 0 Å². The van der Waals surface area contributed by atoms with Gasteiger partial charge < -0.3 is 14.2 Å². The highest BCUT2D eigenvalue weighted by atomic mass is 16.9. The summed E-state index contributed by atoms with van der Waals surface area (Å²) in [5.41, 5.74) is 0.0250. The van der Waals surface area contributed by atoms with Gasteiger partial charge in [0.2, 0.25) is 0 Å². The molecule has 0 aromatic carbocycles. The Morgan fingerprint density at radius 3 is 2.42 bits per heavy atom. The molecule has 3 nitrogen and oxygen atoms in total. The van der Waals surface area contributed by atoms with Gasteiger partial charge in [0.15, 0.2) is 19.4 Å². The second kappa shape index (κ2) is 3.73. The molecule has 1 rings (SSSR count). The van der Waals surface area contributed by atoms with Crippen molar-refractivity contribution < 1.29 is 14.2 Å². The van der Waals surface area contributed by atoms with Crippen LogP contribution in [0.2, 0.25) is 0 Å². The van der Waals surface area contributed by atoms with Crippen molar-refractivity contribution >= 4 is 0 Å². The average Bonchev–Trinajstić information content (AvgIpc) is 2.03. The zero-order valence-electron chi connectivity index (χ0n) is 8.29. The van der Waals surface area contributed by atoms with Crippen molar-refractivity contribution in [1.82, 2.24) is 0 Å². The van der Waals surface area contributed by atoms with E-state index in [2.05, 4.69) is 20.8 Å². The summed E-state index contributed by atoms with van der Waals surface area (Å²) in [5, 5.41) is 0. The maximum atomic E-state index is 5.56. The normalized spacial score (nSPS) is 32.0. The number of hydrogen-bond donors (Lipinski definition) is 0. The molecule has 3 heteroatoms. The topological polar surface area (TPSA) is 27.7 Å². The molecule has 2 unspecified atom stereocenters. The Kier molecular flexibility index (Phi) is 3.09. The van der Waals surface area contributed by atoms with Gasteiger partial charge in [-0.25, -0.2) is 0 Å². The molecule has 1 heterocycles. The summed E-state index contributed by atoms with van der Waals surface area (Å²) in [6, 6.07) is 0. The molecule has 1 aliphatic rings. The lowest BCUT2D eigenvalue weighted by atomic mass is 9.96. The highest BCUT2D eigenvalue weighted by molar-refractivity contribution is 4.68. The third kappa shape index (κ3) is 2.44. The Morgan fingerprint density at radius 1 is 1.25 bits per heavy atom. The van der Waals surface area contributed by atoms with E-state index in [4.69, 9.17) is 14.2 Å². The summed E-state index contributed by atoms with van der Waals surface area (Å²) < 4.78 is 16.1. The zero-order valence-corrected chi connectivity index (χ0v) is 8.29. The second-order valence-corrected chi connectivity index (χ2v) is 4.12. The fourth-order valence-corrected chi connectivity index (χ4v) is 1.06. The molecule has 0 amide bonds. The van der Waals surface area contributed by atoms with Gasteiger partial charge in [0.25, 0.3) is 0 Å².